The molecule has 1 aromatic heterocycles. The molecule has 2 rings (SSSR count). The van der Waals surface area contributed by atoms with Gasteiger partial charge in [0.05, 0.1) is 0 Å². The molecule has 2 aromatic rings. The largest absolute Gasteiger partial charge is 0.297 e. The number of carbonyl (C=O) groups is 1. The molecule has 0 radical (unpaired) electrons. The average molecular weight is 237 g/mol. The van der Waals surface area contributed by atoms with Crippen molar-refractivity contribution < 1.29 is 9.18 Å². The second-order valence-corrected chi connectivity index (χ2v) is 3.94. The first-order valence-corrected chi connectivity index (χ1v) is 5.28. The lowest BCUT2D eigenvalue weighted by Gasteiger charge is -2.04. The summed E-state index contributed by atoms with van der Waals surface area (Å²) in [7, 11) is 0. The summed E-state index contributed by atoms with van der Waals surface area (Å²) in [5.41, 5.74) is 1.01. The summed E-state index contributed by atoms with van der Waals surface area (Å²) >= 11 is 1.07. The van der Waals surface area contributed by atoms with E-state index in [9.17, 15) is 9.18 Å². The number of aryl methyl sites for hydroxylation is 1. The van der Waals surface area contributed by atoms with Gasteiger partial charge in [-0.3, -0.25) is 10.1 Å². The Bertz CT molecular complexity index is 513. The van der Waals surface area contributed by atoms with E-state index in [4.69, 9.17) is 0 Å². The van der Waals surface area contributed by atoms with E-state index in [-0.39, 0.29) is 5.91 Å². The van der Waals surface area contributed by atoms with Gasteiger partial charge >= 0.3 is 0 Å². The van der Waals surface area contributed by atoms with Crippen LogP contribution in [0.3, 0.4) is 0 Å². The third kappa shape index (κ3) is 2.22. The molecule has 4 nitrogen and oxygen atoms in total. The number of rotatable bonds is 2. The minimum Gasteiger partial charge on any atom is -0.297 e. The predicted octanol–water partition coefficient (Wildman–Crippen LogP) is 2.24. The fourth-order valence-electron chi connectivity index (χ4n) is 1.23. The third-order valence-electron chi connectivity index (χ3n) is 2.03. The number of nitrogens with one attached hydrogen (secondary N) is 1. The molecule has 0 spiro atoms. The highest BCUT2D eigenvalue weighted by atomic mass is 32.1. The Kier molecular flexibility index (Phi) is 2.91. The molecule has 0 fully saturated rings. The maximum atomic E-state index is 13.0. The number of anilines is 1. The molecular formula is C10H8FN3OS. The van der Waals surface area contributed by atoms with E-state index >= 15 is 0 Å². The summed E-state index contributed by atoms with van der Waals surface area (Å²) in [6.45, 7) is 1.74. The molecule has 0 bridgehead atoms. The van der Waals surface area contributed by atoms with Gasteiger partial charge in [-0.05, 0) is 24.6 Å². The first kappa shape index (κ1) is 10.7. The second-order valence-electron chi connectivity index (χ2n) is 3.16. The average Bonchev–Trinajstić information content (AvgIpc) is 2.74. The number of carbonyl (C=O) groups excluding carboxylic acids is 1. The van der Waals surface area contributed by atoms with Gasteiger partial charge in [-0.1, -0.05) is 6.07 Å². The van der Waals surface area contributed by atoms with Gasteiger partial charge in [0.25, 0.3) is 5.91 Å². The maximum absolute atomic E-state index is 13.0. The Morgan fingerprint density at radius 1 is 1.50 bits per heavy atom. The fraction of sp³-hybridized carbons (Fsp3) is 0.100. The van der Waals surface area contributed by atoms with Crippen LogP contribution in [0.2, 0.25) is 0 Å². The highest BCUT2D eigenvalue weighted by molar-refractivity contribution is 7.09. The molecular weight excluding hydrogens is 229 g/mol. The molecule has 1 aromatic carbocycles. The second kappa shape index (κ2) is 4.36. The van der Waals surface area contributed by atoms with Crippen molar-refractivity contribution in [2.75, 3.05) is 5.32 Å². The molecule has 1 N–H and O–H groups in total. The predicted molar refractivity (Wildman–Crippen MR) is 59.0 cm³/mol. The number of nitrogens with zero attached hydrogens (tertiary/aromatic N) is 2. The van der Waals surface area contributed by atoms with Crippen LogP contribution in [0.4, 0.5) is 9.52 Å². The highest BCUT2D eigenvalue weighted by Gasteiger charge is 2.11. The van der Waals surface area contributed by atoms with Crippen LogP contribution >= 0.6 is 11.5 Å². The summed E-state index contributed by atoms with van der Waals surface area (Å²) in [6.07, 6.45) is 1.35. The van der Waals surface area contributed by atoms with E-state index in [1.807, 2.05) is 0 Å². The first-order chi connectivity index (χ1) is 7.66. The zero-order chi connectivity index (χ0) is 11.5. The number of halogens is 1. The minimum absolute atomic E-state index is 0.301. The van der Waals surface area contributed by atoms with E-state index in [2.05, 4.69) is 14.7 Å². The molecule has 0 saturated heterocycles. The van der Waals surface area contributed by atoms with Crippen molar-refractivity contribution in [3.63, 3.8) is 0 Å². The van der Waals surface area contributed by atoms with Crippen LogP contribution in [0, 0.1) is 12.7 Å². The van der Waals surface area contributed by atoms with Crippen LogP contribution in [-0.2, 0) is 0 Å². The Labute approximate surface area is 95.3 Å². The third-order valence-corrected chi connectivity index (χ3v) is 2.61. The molecule has 16 heavy (non-hydrogen) atoms. The Morgan fingerprint density at radius 3 is 3.00 bits per heavy atom. The van der Waals surface area contributed by atoms with Crippen LogP contribution in [0.25, 0.3) is 0 Å². The van der Waals surface area contributed by atoms with Crippen molar-refractivity contribution >= 4 is 22.6 Å². The smallest absolute Gasteiger partial charge is 0.257 e. The lowest BCUT2D eigenvalue weighted by atomic mass is 10.1. The lowest BCUT2D eigenvalue weighted by molar-refractivity contribution is 0.102. The summed E-state index contributed by atoms with van der Waals surface area (Å²) in [4.78, 5) is 15.6. The van der Waals surface area contributed by atoms with Crippen LogP contribution in [0.1, 0.15) is 15.9 Å². The number of aromatic nitrogens is 2. The van der Waals surface area contributed by atoms with Gasteiger partial charge in [0.15, 0.2) is 0 Å². The molecule has 0 aliphatic heterocycles. The zero-order valence-electron chi connectivity index (χ0n) is 8.40. The summed E-state index contributed by atoms with van der Waals surface area (Å²) in [5.74, 6) is -0.818. The number of benzene rings is 1. The lowest BCUT2D eigenvalue weighted by Crippen LogP contribution is -2.13. The Hall–Kier alpha value is -1.82. The number of amides is 1. The van der Waals surface area contributed by atoms with Gasteiger partial charge in [-0.2, -0.15) is 4.37 Å². The molecule has 1 amide bonds. The highest BCUT2D eigenvalue weighted by Crippen LogP contribution is 2.14. The molecule has 0 aliphatic rings. The normalized spacial score (nSPS) is 10.1. The monoisotopic (exact) mass is 237 g/mol. The quantitative estimate of drug-likeness (QED) is 0.871. The van der Waals surface area contributed by atoms with Crippen LogP contribution in [0.15, 0.2) is 24.5 Å². The number of hydrogen-bond acceptors (Lipinski definition) is 4. The molecule has 0 unspecified atom stereocenters. The number of hydrogen-bond donors (Lipinski definition) is 1. The van der Waals surface area contributed by atoms with Gasteiger partial charge in [-0.15, -0.1) is 0 Å². The van der Waals surface area contributed by atoms with E-state index in [1.165, 1.54) is 18.5 Å². The van der Waals surface area contributed by atoms with Gasteiger partial charge in [0.1, 0.15) is 12.1 Å². The summed E-state index contributed by atoms with van der Waals surface area (Å²) < 4.78 is 16.7. The van der Waals surface area contributed by atoms with Crippen molar-refractivity contribution in [2.24, 2.45) is 0 Å². The van der Waals surface area contributed by atoms with E-state index < -0.39 is 5.82 Å². The van der Waals surface area contributed by atoms with Crippen molar-refractivity contribution in [3.05, 3.63) is 41.5 Å². The molecule has 82 valence electrons. The maximum Gasteiger partial charge on any atom is 0.257 e. The van der Waals surface area contributed by atoms with Crippen molar-refractivity contribution in [1.82, 2.24) is 9.36 Å². The first-order valence-electron chi connectivity index (χ1n) is 4.51. The van der Waals surface area contributed by atoms with Gasteiger partial charge in [0, 0.05) is 17.1 Å². The summed E-state index contributed by atoms with van der Waals surface area (Å²) in [6, 6.07) is 4.08. The van der Waals surface area contributed by atoms with Gasteiger partial charge in [0.2, 0.25) is 5.13 Å². The Balaban J connectivity index is 2.24. The van der Waals surface area contributed by atoms with Crippen LogP contribution in [0.5, 0.6) is 0 Å². The van der Waals surface area contributed by atoms with Gasteiger partial charge < -0.3 is 0 Å². The minimum atomic E-state index is -0.437. The van der Waals surface area contributed by atoms with E-state index in [0.29, 0.717) is 16.3 Å². The molecule has 0 saturated carbocycles. The van der Waals surface area contributed by atoms with Crippen LogP contribution in [-0.4, -0.2) is 15.3 Å². The van der Waals surface area contributed by atoms with Crippen molar-refractivity contribution in [1.29, 1.82) is 0 Å². The molecule has 1 heterocycles. The van der Waals surface area contributed by atoms with Crippen molar-refractivity contribution in [3.8, 4) is 0 Å². The topological polar surface area (TPSA) is 54.9 Å². The molecule has 0 aliphatic carbocycles. The van der Waals surface area contributed by atoms with Gasteiger partial charge in [-0.25, -0.2) is 9.37 Å². The fourth-order valence-corrected chi connectivity index (χ4v) is 1.66. The Morgan fingerprint density at radius 2 is 2.31 bits per heavy atom. The zero-order valence-corrected chi connectivity index (χ0v) is 9.21. The van der Waals surface area contributed by atoms with Crippen molar-refractivity contribution in [2.45, 2.75) is 6.92 Å². The SMILES string of the molecule is Cc1ccc(F)cc1C(=O)Nc1ncns1. The summed E-state index contributed by atoms with van der Waals surface area (Å²) in [5, 5.41) is 2.94. The standard InChI is InChI=1S/C10H8FN3OS/c1-6-2-3-7(11)4-8(6)9(15)14-10-12-5-13-16-10/h2-5H,1H3,(H,12,13,14,15). The molecule has 0 atom stereocenters. The van der Waals surface area contributed by atoms with Crippen LogP contribution < -0.4 is 5.32 Å². The molecule has 6 heteroatoms. The van der Waals surface area contributed by atoms with E-state index in [1.54, 1.807) is 13.0 Å². The van der Waals surface area contributed by atoms with E-state index in [0.717, 1.165) is 11.5 Å².